The lowest BCUT2D eigenvalue weighted by molar-refractivity contribution is -0.122. The predicted octanol–water partition coefficient (Wildman–Crippen LogP) is 5.69. The third-order valence-electron chi connectivity index (χ3n) is 4.68. The van der Waals surface area contributed by atoms with Crippen molar-refractivity contribution in [3.63, 3.8) is 0 Å². The van der Waals surface area contributed by atoms with Crippen LogP contribution in [0.4, 0.5) is 0 Å². The van der Waals surface area contributed by atoms with Crippen molar-refractivity contribution in [3.05, 3.63) is 35.9 Å². The number of rotatable bonds is 14. The summed E-state index contributed by atoms with van der Waals surface area (Å²) in [6.07, 6.45) is 11.2. The van der Waals surface area contributed by atoms with Gasteiger partial charge in [0.1, 0.15) is 0 Å². The Morgan fingerprint density at radius 3 is 2.16 bits per heavy atom. The number of amides is 1. The van der Waals surface area contributed by atoms with Crippen LogP contribution in [0.5, 0.6) is 0 Å². The molecule has 0 spiro atoms. The van der Waals surface area contributed by atoms with Crippen LogP contribution in [0, 0.1) is 0 Å². The zero-order valence-electron chi connectivity index (χ0n) is 16.1. The number of nitrogens with one attached hydrogen (secondary N) is 1. The number of hydrogen-bond acceptors (Lipinski definition) is 2. The molecule has 0 aliphatic heterocycles. The fraction of sp³-hybridized carbons (Fsp3) is 0.636. The molecule has 1 atom stereocenters. The fourth-order valence-electron chi connectivity index (χ4n) is 2.99. The van der Waals surface area contributed by atoms with Crippen molar-refractivity contribution in [1.29, 1.82) is 0 Å². The molecule has 0 bridgehead atoms. The van der Waals surface area contributed by atoms with Crippen LogP contribution in [0.25, 0.3) is 0 Å². The Hall–Kier alpha value is -1.64. The highest BCUT2D eigenvalue weighted by atomic mass is 16.1. The van der Waals surface area contributed by atoms with Crippen molar-refractivity contribution in [2.24, 2.45) is 0 Å². The number of benzene rings is 1. The molecule has 0 saturated carbocycles. The van der Waals surface area contributed by atoms with Crippen LogP contribution in [0.1, 0.15) is 94.8 Å². The molecule has 140 valence electrons. The van der Waals surface area contributed by atoms with Crippen molar-refractivity contribution in [2.75, 3.05) is 0 Å². The Bertz CT molecular complexity index is 484. The summed E-state index contributed by atoms with van der Waals surface area (Å²) in [4.78, 5) is 24.2. The third kappa shape index (κ3) is 10.1. The molecule has 1 rings (SSSR count). The minimum atomic E-state index is 0.102. The van der Waals surface area contributed by atoms with E-state index < -0.39 is 0 Å². The van der Waals surface area contributed by atoms with Gasteiger partial charge in [0.25, 0.3) is 0 Å². The number of hydrogen-bond donors (Lipinski definition) is 1. The largest absolute Gasteiger partial charge is 0.353 e. The summed E-state index contributed by atoms with van der Waals surface area (Å²) in [5.41, 5.74) is 0.756. The van der Waals surface area contributed by atoms with Crippen LogP contribution >= 0.6 is 0 Å². The van der Waals surface area contributed by atoms with Gasteiger partial charge in [0, 0.05) is 24.4 Å². The predicted molar refractivity (Wildman–Crippen MR) is 105 cm³/mol. The second-order valence-corrected chi connectivity index (χ2v) is 6.87. The molecule has 0 fully saturated rings. The molecular weight excluding hydrogens is 310 g/mol. The van der Waals surface area contributed by atoms with Crippen molar-refractivity contribution in [3.8, 4) is 0 Å². The molecule has 0 saturated heterocycles. The number of carbonyl (C=O) groups is 2. The second kappa shape index (κ2) is 13.6. The van der Waals surface area contributed by atoms with Crippen LogP contribution in [0.15, 0.2) is 30.3 Å². The molecule has 1 amide bonds. The Morgan fingerprint density at radius 2 is 1.52 bits per heavy atom. The lowest BCUT2D eigenvalue weighted by Gasteiger charge is -2.16. The van der Waals surface area contributed by atoms with Gasteiger partial charge in [0.05, 0.1) is 0 Å². The number of unbranched alkanes of at least 4 members (excludes halogenated alkanes) is 6. The minimum Gasteiger partial charge on any atom is -0.353 e. The molecule has 0 aliphatic carbocycles. The molecule has 1 aromatic rings. The first kappa shape index (κ1) is 21.4. The van der Waals surface area contributed by atoms with Crippen LogP contribution in [-0.2, 0) is 4.79 Å². The average molecular weight is 346 g/mol. The van der Waals surface area contributed by atoms with E-state index in [1.807, 2.05) is 30.3 Å². The van der Waals surface area contributed by atoms with Crippen molar-refractivity contribution in [1.82, 2.24) is 5.32 Å². The van der Waals surface area contributed by atoms with Gasteiger partial charge in [-0.3, -0.25) is 9.59 Å². The van der Waals surface area contributed by atoms with Gasteiger partial charge in [-0.2, -0.15) is 0 Å². The number of Topliss-reactive ketones (excluding diaryl/α,β-unsaturated/α-hetero) is 1. The summed E-state index contributed by atoms with van der Waals surface area (Å²) in [7, 11) is 0. The highest BCUT2D eigenvalue weighted by Crippen LogP contribution is 2.11. The zero-order chi connectivity index (χ0) is 18.3. The third-order valence-corrected chi connectivity index (χ3v) is 4.68. The van der Waals surface area contributed by atoms with Crippen LogP contribution in [0.2, 0.25) is 0 Å². The maximum Gasteiger partial charge on any atom is 0.220 e. The highest BCUT2D eigenvalue weighted by molar-refractivity contribution is 5.96. The van der Waals surface area contributed by atoms with Crippen molar-refractivity contribution in [2.45, 2.75) is 90.5 Å². The first-order valence-electron chi connectivity index (χ1n) is 10.0. The maximum atomic E-state index is 12.2. The Morgan fingerprint density at radius 1 is 0.880 bits per heavy atom. The smallest absolute Gasteiger partial charge is 0.220 e. The van der Waals surface area contributed by atoms with Gasteiger partial charge in [-0.15, -0.1) is 0 Å². The van der Waals surface area contributed by atoms with Crippen LogP contribution in [-0.4, -0.2) is 17.7 Å². The van der Waals surface area contributed by atoms with Crippen LogP contribution < -0.4 is 5.32 Å². The van der Waals surface area contributed by atoms with Crippen molar-refractivity contribution >= 4 is 11.7 Å². The molecule has 0 aromatic heterocycles. The van der Waals surface area contributed by atoms with Gasteiger partial charge in [0.2, 0.25) is 5.91 Å². The minimum absolute atomic E-state index is 0.102. The Kier molecular flexibility index (Phi) is 11.7. The monoisotopic (exact) mass is 345 g/mol. The number of ketones is 1. The summed E-state index contributed by atoms with van der Waals surface area (Å²) in [6, 6.07) is 9.48. The van der Waals surface area contributed by atoms with E-state index in [-0.39, 0.29) is 17.7 Å². The van der Waals surface area contributed by atoms with Crippen molar-refractivity contribution < 1.29 is 9.59 Å². The summed E-state index contributed by atoms with van der Waals surface area (Å²) in [5.74, 6) is 0.285. The molecule has 3 nitrogen and oxygen atoms in total. The van der Waals surface area contributed by atoms with E-state index in [4.69, 9.17) is 0 Å². The summed E-state index contributed by atoms with van der Waals surface area (Å²) >= 11 is 0. The molecule has 0 radical (unpaired) electrons. The van der Waals surface area contributed by atoms with E-state index >= 15 is 0 Å². The molecule has 25 heavy (non-hydrogen) atoms. The second-order valence-electron chi connectivity index (χ2n) is 6.87. The highest BCUT2D eigenvalue weighted by Gasteiger charge is 2.13. The van der Waals surface area contributed by atoms with Gasteiger partial charge < -0.3 is 5.32 Å². The van der Waals surface area contributed by atoms with Gasteiger partial charge in [-0.1, -0.05) is 82.7 Å². The van der Waals surface area contributed by atoms with Gasteiger partial charge in [-0.25, -0.2) is 0 Å². The molecule has 1 aromatic carbocycles. The molecule has 1 N–H and O–H groups in total. The standard InChI is InChI=1S/C22H35NO2/c1-3-5-6-7-8-9-13-16-22(25)23-20(4-2)17-18-21(24)19-14-11-10-12-15-19/h10-12,14-15,20H,3-9,13,16-18H2,1-2H3,(H,23,25). The quantitative estimate of drug-likeness (QED) is 0.348. The summed E-state index contributed by atoms with van der Waals surface area (Å²) in [6.45, 7) is 4.29. The SMILES string of the molecule is CCCCCCCCCC(=O)NC(CC)CCC(=O)c1ccccc1. The normalized spacial score (nSPS) is 11.9. The molecule has 3 heteroatoms. The molecule has 0 aliphatic rings. The van der Waals surface area contributed by atoms with E-state index in [9.17, 15) is 9.59 Å². The first-order valence-corrected chi connectivity index (χ1v) is 10.0. The summed E-state index contributed by atoms with van der Waals surface area (Å²) < 4.78 is 0. The zero-order valence-corrected chi connectivity index (χ0v) is 16.1. The van der Waals surface area contributed by atoms with E-state index in [1.165, 1.54) is 32.1 Å². The van der Waals surface area contributed by atoms with E-state index in [0.717, 1.165) is 24.8 Å². The number of carbonyl (C=O) groups excluding carboxylic acids is 2. The lowest BCUT2D eigenvalue weighted by atomic mass is 10.0. The van der Waals surface area contributed by atoms with Gasteiger partial charge >= 0.3 is 0 Å². The van der Waals surface area contributed by atoms with E-state index in [2.05, 4.69) is 19.2 Å². The topological polar surface area (TPSA) is 46.2 Å². The molecule has 1 unspecified atom stereocenters. The summed E-state index contributed by atoms with van der Waals surface area (Å²) in [5, 5.41) is 3.09. The Balaban J connectivity index is 2.17. The fourth-order valence-corrected chi connectivity index (χ4v) is 2.99. The molecule has 0 heterocycles. The Labute approximate surface area is 153 Å². The van der Waals surface area contributed by atoms with Gasteiger partial charge in [0.15, 0.2) is 5.78 Å². The first-order chi connectivity index (χ1) is 12.2. The van der Waals surface area contributed by atoms with E-state index in [1.54, 1.807) is 0 Å². The van der Waals surface area contributed by atoms with Crippen LogP contribution in [0.3, 0.4) is 0 Å². The maximum absolute atomic E-state index is 12.2. The lowest BCUT2D eigenvalue weighted by Crippen LogP contribution is -2.34. The average Bonchev–Trinajstić information content (AvgIpc) is 2.64. The van der Waals surface area contributed by atoms with E-state index in [0.29, 0.717) is 19.3 Å². The molecular formula is C22H35NO2. The van der Waals surface area contributed by atoms with Gasteiger partial charge in [-0.05, 0) is 19.3 Å².